The zero-order valence-electron chi connectivity index (χ0n) is 11.0. The lowest BCUT2D eigenvalue weighted by Gasteiger charge is -2.21. The van der Waals surface area contributed by atoms with E-state index in [1.807, 2.05) is 19.1 Å². The fourth-order valence-electron chi connectivity index (χ4n) is 1.90. The van der Waals surface area contributed by atoms with Crippen molar-refractivity contribution in [2.24, 2.45) is 0 Å². The van der Waals surface area contributed by atoms with Gasteiger partial charge >= 0.3 is 0 Å². The van der Waals surface area contributed by atoms with Gasteiger partial charge in [-0.2, -0.15) is 0 Å². The lowest BCUT2D eigenvalue weighted by molar-refractivity contribution is 0.0988. The number of pyridine rings is 2. The molecular weight excluding hydrogens is 240 g/mol. The standard InChI is InChI=1S/C14H16N4O/c1-3-18(11-4-7-16-8-5-11)14(19)12-10-17-9-6-13(12)15-2/h4-10H,3H2,1-2H3,(H,15,17). The van der Waals surface area contributed by atoms with E-state index in [0.717, 1.165) is 11.4 Å². The summed E-state index contributed by atoms with van der Waals surface area (Å²) in [5.74, 6) is -0.0776. The Bertz CT molecular complexity index is 556. The molecule has 0 aromatic carbocycles. The van der Waals surface area contributed by atoms with Crippen LogP contribution in [-0.2, 0) is 0 Å². The molecule has 5 heteroatoms. The van der Waals surface area contributed by atoms with Gasteiger partial charge in [-0.25, -0.2) is 0 Å². The van der Waals surface area contributed by atoms with Crippen LogP contribution < -0.4 is 10.2 Å². The predicted octanol–water partition coefficient (Wildman–Crippen LogP) is 2.18. The Labute approximate surface area is 112 Å². The van der Waals surface area contributed by atoms with E-state index in [4.69, 9.17) is 0 Å². The van der Waals surface area contributed by atoms with Crippen LogP contribution in [0.3, 0.4) is 0 Å². The minimum atomic E-state index is -0.0776. The number of amides is 1. The lowest BCUT2D eigenvalue weighted by atomic mass is 10.2. The van der Waals surface area contributed by atoms with E-state index in [1.165, 1.54) is 0 Å². The van der Waals surface area contributed by atoms with Crippen LogP contribution in [0, 0.1) is 0 Å². The van der Waals surface area contributed by atoms with Crippen molar-refractivity contribution >= 4 is 17.3 Å². The van der Waals surface area contributed by atoms with Crippen LogP contribution in [0.15, 0.2) is 43.0 Å². The molecule has 19 heavy (non-hydrogen) atoms. The van der Waals surface area contributed by atoms with Gasteiger partial charge in [0.25, 0.3) is 5.91 Å². The Hall–Kier alpha value is -2.43. The molecule has 0 bridgehead atoms. The zero-order chi connectivity index (χ0) is 13.7. The number of hydrogen-bond acceptors (Lipinski definition) is 4. The first-order valence-corrected chi connectivity index (χ1v) is 6.11. The molecule has 0 fully saturated rings. The fourth-order valence-corrected chi connectivity index (χ4v) is 1.90. The first kappa shape index (κ1) is 13.0. The smallest absolute Gasteiger partial charge is 0.261 e. The topological polar surface area (TPSA) is 58.1 Å². The third kappa shape index (κ3) is 2.70. The number of carbonyl (C=O) groups is 1. The molecule has 0 aliphatic carbocycles. The van der Waals surface area contributed by atoms with Gasteiger partial charge in [-0.05, 0) is 25.1 Å². The minimum Gasteiger partial charge on any atom is -0.387 e. The van der Waals surface area contributed by atoms with Crippen LogP contribution in [0.4, 0.5) is 11.4 Å². The summed E-state index contributed by atoms with van der Waals surface area (Å²) in [6, 6.07) is 5.42. The number of aromatic nitrogens is 2. The first-order chi connectivity index (χ1) is 9.27. The van der Waals surface area contributed by atoms with Gasteiger partial charge in [-0.15, -0.1) is 0 Å². The maximum atomic E-state index is 12.6. The highest BCUT2D eigenvalue weighted by Gasteiger charge is 2.18. The van der Waals surface area contributed by atoms with Crippen LogP contribution in [0.2, 0.25) is 0 Å². The SMILES string of the molecule is CCN(C(=O)c1cnccc1NC)c1ccncc1. The van der Waals surface area contributed by atoms with Crippen LogP contribution >= 0.6 is 0 Å². The number of nitrogens with zero attached hydrogens (tertiary/aromatic N) is 3. The molecule has 0 unspecified atom stereocenters. The Kier molecular flexibility index (Phi) is 4.07. The minimum absolute atomic E-state index is 0.0776. The monoisotopic (exact) mass is 256 g/mol. The molecule has 2 aromatic rings. The predicted molar refractivity (Wildman–Crippen MR) is 75.4 cm³/mol. The highest BCUT2D eigenvalue weighted by Crippen LogP contribution is 2.20. The summed E-state index contributed by atoms with van der Waals surface area (Å²) in [7, 11) is 1.79. The maximum Gasteiger partial charge on any atom is 0.261 e. The van der Waals surface area contributed by atoms with Crippen molar-refractivity contribution in [3.05, 3.63) is 48.5 Å². The first-order valence-electron chi connectivity index (χ1n) is 6.11. The second-order valence-electron chi connectivity index (χ2n) is 3.93. The summed E-state index contributed by atoms with van der Waals surface area (Å²) in [4.78, 5) is 22.3. The molecule has 0 saturated carbocycles. The molecule has 0 aliphatic rings. The van der Waals surface area contributed by atoms with Crippen molar-refractivity contribution in [2.75, 3.05) is 23.8 Å². The Morgan fingerprint density at radius 1 is 1.21 bits per heavy atom. The Morgan fingerprint density at radius 3 is 2.53 bits per heavy atom. The lowest BCUT2D eigenvalue weighted by Crippen LogP contribution is -2.31. The zero-order valence-corrected chi connectivity index (χ0v) is 11.0. The van der Waals surface area contributed by atoms with Crippen molar-refractivity contribution < 1.29 is 4.79 Å². The molecule has 5 nitrogen and oxygen atoms in total. The quantitative estimate of drug-likeness (QED) is 0.911. The molecule has 1 N–H and O–H groups in total. The molecule has 98 valence electrons. The molecule has 1 amide bonds. The molecule has 0 spiro atoms. The van der Waals surface area contributed by atoms with Crippen LogP contribution in [-0.4, -0.2) is 29.5 Å². The summed E-state index contributed by atoms with van der Waals surface area (Å²) in [5.41, 5.74) is 2.16. The molecule has 0 saturated heterocycles. The summed E-state index contributed by atoms with van der Waals surface area (Å²) in [6.45, 7) is 2.52. The van der Waals surface area contributed by atoms with Gasteiger partial charge in [0.15, 0.2) is 0 Å². The average molecular weight is 256 g/mol. The van der Waals surface area contributed by atoms with Gasteiger partial charge < -0.3 is 10.2 Å². The highest BCUT2D eigenvalue weighted by atomic mass is 16.2. The van der Waals surface area contributed by atoms with E-state index in [1.54, 1.807) is 42.8 Å². The highest BCUT2D eigenvalue weighted by molar-refractivity contribution is 6.09. The van der Waals surface area contributed by atoms with Crippen molar-refractivity contribution in [1.29, 1.82) is 0 Å². The normalized spacial score (nSPS) is 10.0. The summed E-state index contributed by atoms with van der Waals surface area (Å²) in [6.07, 6.45) is 6.59. The third-order valence-corrected chi connectivity index (χ3v) is 2.86. The summed E-state index contributed by atoms with van der Waals surface area (Å²) >= 11 is 0. The molecule has 2 heterocycles. The molecule has 2 aromatic heterocycles. The third-order valence-electron chi connectivity index (χ3n) is 2.86. The van der Waals surface area contributed by atoms with Crippen molar-refractivity contribution in [2.45, 2.75) is 6.92 Å². The van der Waals surface area contributed by atoms with Gasteiger partial charge in [0.2, 0.25) is 0 Å². The Morgan fingerprint density at radius 2 is 1.89 bits per heavy atom. The van der Waals surface area contributed by atoms with Gasteiger partial charge in [0, 0.05) is 49.8 Å². The van der Waals surface area contributed by atoms with Crippen LogP contribution in [0.5, 0.6) is 0 Å². The number of anilines is 2. The van der Waals surface area contributed by atoms with E-state index >= 15 is 0 Å². The molecular formula is C14H16N4O. The van der Waals surface area contributed by atoms with Gasteiger partial charge in [0.05, 0.1) is 5.56 Å². The number of carbonyl (C=O) groups excluding carboxylic acids is 1. The summed E-state index contributed by atoms with van der Waals surface area (Å²) in [5, 5.41) is 3.01. The van der Waals surface area contributed by atoms with Crippen molar-refractivity contribution in [1.82, 2.24) is 9.97 Å². The maximum absolute atomic E-state index is 12.6. The van der Waals surface area contributed by atoms with Gasteiger partial charge in [-0.3, -0.25) is 14.8 Å². The van der Waals surface area contributed by atoms with E-state index in [9.17, 15) is 4.79 Å². The second kappa shape index (κ2) is 5.95. The van der Waals surface area contributed by atoms with E-state index in [2.05, 4.69) is 15.3 Å². The van der Waals surface area contributed by atoms with Crippen molar-refractivity contribution in [3.63, 3.8) is 0 Å². The van der Waals surface area contributed by atoms with E-state index < -0.39 is 0 Å². The molecule has 2 rings (SSSR count). The van der Waals surface area contributed by atoms with E-state index in [-0.39, 0.29) is 5.91 Å². The molecule has 0 aliphatic heterocycles. The fraction of sp³-hybridized carbons (Fsp3) is 0.214. The number of rotatable bonds is 4. The van der Waals surface area contributed by atoms with Crippen LogP contribution in [0.25, 0.3) is 0 Å². The summed E-state index contributed by atoms with van der Waals surface area (Å²) < 4.78 is 0. The number of hydrogen-bond donors (Lipinski definition) is 1. The van der Waals surface area contributed by atoms with Gasteiger partial charge in [0.1, 0.15) is 0 Å². The Balaban J connectivity index is 2.36. The van der Waals surface area contributed by atoms with Gasteiger partial charge in [-0.1, -0.05) is 0 Å². The molecule has 0 radical (unpaired) electrons. The molecule has 0 atom stereocenters. The van der Waals surface area contributed by atoms with Crippen molar-refractivity contribution in [3.8, 4) is 0 Å². The van der Waals surface area contributed by atoms with Crippen LogP contribution in [0.1, 0.15) is 17.3 Å². The second-order valence-corrected chi connectivity index (χ2v) is 3.93. The largest absolute Gasteiger partial charge is 0.387 e. The number of nitrogens with one attached hydrogen (secondary N) is 1. The van der Waals surface area contributed by atoms with E-state index in [0.29, 0.717) is 12.1 Å². The average Bonchev–Trinajstić information content (AvgIpc) is 2.49.